The summed E-state index contributed by atoms with van der Waals surface area (Å²) in [5.41, 5.74) is 4.52. The molecule has 0 fully saturated rings. The third-order valence-corrected chi connectivity index (χ3v) is 3.67. The highest BCUT2D eigenvalue weighted by atomic mass is 32.2. The van der Waals surface area contributed by atoms with Crippen LogP contribution in [0.4, 0.5) is 4.39 Å². The van der Waals surface area contributed by atoms with Crippen molar-refractivity contribution in [3.63, 3.8) is 0 Å². The number of benzene rings is 1. The van der Waals surface area contributed by atoms with Gasteiger partial charge in [0.2, 0.25) is 15.9 Å². The maximum absolute atomic E-state index is 13.0. The molecule has 1 unspecified atom stereocenters. The number of nitriles is 1. The van der Waals surface area contributed by atoms with Gasteiger partial charge in [0.15, 0.2) is 0 Å². The topological polar surface area (TPSA) is 113 Å². The normalized spacial score (nSPS) is 12.7. The minimum Gasteiger partial charge on any atom is -0.368 e. The van der Waals surface area contributed by atoms with Gasteiger partial charge in [-0.3, -0.25) is 4.79 Å². The van der Waals surface area contributed by atoms with Crippen LogP contribution in [0, 0.1) is 17.1 Å². The van der Waals surface area contributed by atoms with Crippen LogP contribution in [0.2, 0.25) is 0 Å². The van der Waals surface area contributed by atoms with Gasteiger partial charge < -0.3 is 5.73 Å². The molecule has 0 aliphatic heterocycles. The van der Waals surface area contributed by atoms with Crippen LogP contribution >= 0.6 is 0 Å². The van der Waals surface area contributed by atoms with Crippen molar-refractivity contribution in [2.45, 2.75) is 17.9 Å². The molecular formula is C10H10FN3O3S. The molecule has 0 aliphatic rings. The third-order valence-electron chi connectivity index (χ3n) is 2.13. The number of rotatable bonds is 4. The smallest absolute Gasteiger partial charge is 0.241 e. The average molecular weight is 271 g/mol. The number of amides is 1. The summed E-state index contributed by atoms with van der Waals surface area (Å²) in [5.74, 6) is -1.67. The number of carbonyl (C=O) groups excluding carboxylic acids is 1. The highest BCUT2D eigenvalue weighted by Gasteiger charge is 2.21. The molecule has 0 radical (unpaired) electrons. The van der Waals surface area contributed by atoms with E-state index in [0.717, 1.165) is 18.2 Å². The van der Waals surface area contributed by atoms with E-state index in [1.807, 2.05) is 4.72 Å². The molecule has 0 aliphatic carbocycles. The van der Waals surface area contributed by atoms with Gasteiger partial charge in [0.1, 0.15) is 11.9 Å². The number of halogens is 1. The largest absolute Gasteiger partial charge is 0.368 e. The Bertz CT molecular complexity index is 622. The lowest BCUT2D eigenvalue weighted by molar-refractivity contribution is -0.119. The second-order valence-corrected chi connectivity index (χ2v) is 5.21. The standard InChI is InChI=1S/C10H10FN3O3S/c1-6(10(13)15)14-18(16,17)8-2-3-9(11)7(4-8)5-12/h2-4,6,14H,1H3,(H2,13,15). The van der Waals surface area contributed by atoms with Crippen molar-refractivity contribution < 1.29 is 17.6 Å². The molecule has 18 heavy (non-hydrogen) atoms. The summed E-state index contributed by atoms with van der Waals surface area (Å²) < 4.78 is 38.6. The molecule has 0 spiro atoms. The quantitative estimate of drug-likeness (QED) is 0.792. The van der Waals surface area contributed by atoms with E-state index in [0.29, 0.717) is 0 Å². The second kappa shape index (κ2) is 5.12. The predicted molar refractivity (Wildman–Crippen MR) is 60.1 cm³/mol. The highest BCUT2D eigenvalue weighted by Crippen LogP contribution is 2.14. The SMILES string of the molecule is CC(NS(=O)(=O)c1ccc(F)c(C#N)c1)C(N)=O. The van der Waals surface area contributed by atoms with E-state index in [1.54, 1.807) is 0 Å². The van der Waals surface area contributed by atoms with Crippen LogP contribution in [0.1, 0.15) is 12.5 Å². The van der Waals surface area contributed by atoms with Crippen molar-refractivity contribution in [2.24, 2.45) is 5.73 Å². The van der Waals surface area contributed by atoms with Crippen LogP contribution in [0.25, 0.3) is 0 Å². The Morgan fingerprint density at radius 2 is 2.17 bits per heavy atom. The number of carbonyl (C=O) groups is 1. The summed E-state index contributed by atoms with van der Waals surface area (Å²) in [5, 5.41) is 8.60. The van der Waals surface area contributed by atoms with E-state index in [9.17, 15) is 17.6 Å². The maximum Gasteiger partial charge on any atom is 0.241 e. The Hall–Kier alpha value is -1.98. The van der Waals surface area contributed by atoms with Crippen LogP contribution in [0.15, 0.2) is 23.1 Å². The van der Waals surface area contributed by atoms with E-state index in [4.69, 9.17) is 11.0 Å². The zero-order chi connectivity index (χ0) is 13.9. The van der Waals surface area contributed by atoms with Crippen LogP contribution in [-0.4, -0.2) is 20.4 Å². The zero-order valence-corrected chi connectivity index (χ0v) is 10.2. The molecule has 0 saturated heterocycles. The van der Waals surface area contributed by atoms with E-state index >= 15 is 0 Å². The Morgan fingerprint density at radius 1 is 1.56 bits per heavy atom. The van der Waals surface area contributed by atoms with Crippen LogP contribution in [-0.2, 0) is 14.8 Å². The second-order valence-electron chi connectivity index (χ2n) is 3.50. The van der Waals surface area contributed by atoms with Crippen molar-refractivity contribution in [1.82, 2.24) is 4.72 Å². The fourth-order valence-corrected chi connectivity index (χ4v) is 2.35. The Kier molecular flexibility index (Phi) is 4.00. The van der Waals surface area contributed by atoms with E-state index < -0.39 is 33.4 Å². The number of nitrogens with one attached hydrogen (secondary N) is 1. The molecule has 1 aromatic carbocycles. The molecule has 1 atom stereocenters. The first-order valence-electron chi connectivity index (χ1n) is 4.79. The van der Waals surface area contributed by atoms with Gasteiger partial charge in [-0.25, -0.2) is 12.8 Å². The highest BCUT2D eigenvalue weighted by molar-refractivity contribution is 7.89. The number of nitrogens with zero attached hydrogens (tertiary/aromatic N) is 1. The first-order chi connectivity index (χ1) is 8.27. The summed E-state index contributed by atoms with van der Waals surface area (Å²) in [6, 6.07) is 3.15. The van der Waals surface area contributed by atoms with Crippen LogP contribution < -0.4 is 10.5 Å². The number of primary amides is 1. The fraction of sp³-hybridized carbons (Fsp3) is 0.200. The van der Waals surface area contributed by atoms with Gasteiger partial charge in [-0.05, 0) is 25.1 Å². The molecule has 96 valence electrons. The lowest BCUT2D eigenvalue weighted by Gasteiger charge is -2.11. The number of nitrogens with two attached hydrogens (primary N) is 1. The molecule has 1 aromatic rings. The first kappa shape index (κ1) is 14.1. The number of sulfonamides is 1. The summed E-state index contributed by atoms with van der Waals surface area (Å²) in [6.07, 6.45) is 0. The predicted octanol–water partition coefficient (Wildman–Crippen LogP) is -0.151. The monoisotopic (exact) mass is 271 g/mol. The molecule has 1 amide bonds. The number of hydrogen-bond acceptors (Lipinski definition) is 4. The molecule has 1 rings (SSSR count). The lowest BCUT2D eigenvalue weighted by Crippen LogP contribution is -2.42. The van der Waals surface area contributed by atoms with Crippen LogP contribution in [0.5, 0.6) is 0 Å². The molecular weight excluding hydrogens is 261 g/mol. The molecule has 0 bridgehead atoms. The first-order valence-corrected chi connectivity index (χ1v) is 6.27. The summed E-state index contributed by atoms with van der Waals surface area (Å²) in [6.45, 7) is 1.27. The van der Waals surface area contributed by atoms with Gasteiger partial charge in [0, 0.05) is 0 Å². The number of hydrogen-bond donors (Lipinski definition) is 2. The third kappa shape index (κ3) is 3.03. The van der Waals surface area contributed by atoms with Crippen molar-refractivity contribution in [1.29, 1.82) is 5.26 Å². The molecule has 8 heteroatoms. The summed E-state index contributed by atoms with van der Waals surface area (Å²) in [4.78, 5) is 10.5. The lowest BCUT2D eigenvalue weighted by atomic mass is 10.2. The Morgan fingerprint density at radius 3 is 2.67 bits per heavy atom. The molecule has 0 heterocycles. The minimum absolute atomic E-state index is 0.312. The van der Waals surface area contributed by atoms with Gasteiger partial charge in [0.05, 0.1) is 16.5 Å². The van der Waals surface area contributed by atoms with Gasteiger partial charge in [-0.2, -0.15) is 9.98 Å². The van der Waals surface area contributed by atoms with E-state index in [2.05, 4.69) is 0 Å². The Labute approximate surface area is 103 Å². The maximum atomic E-state index is 13.0. The zero-order valence-electron chi connectivity index (χ0n) is 9.34. The minimum atomic E-state index is -4.02. The molecule has 6 nitrogen and oxygen atoms in total. The summed E-state index contributed by atoms with van der Waals surface area (Å²) >= 11 is 0. The summed E-state index contributed by atoms with van der Waals surface area (Å²) in [7, 11) is -4.02. The van der Waals surface area contributed by atoms with Crippen molar-refractivity contribution in [3.8, 4) is 6.07 Å². The van der Waals surface area contributed by atoms with Crippen molar-refractivity contribution >= 4 is 15.9 Å². The van der Waals surface area contributed by atoms with Crippen molar-refractivity contribution in [3.05, 3.63) is 29.6 Å². The van der Waals surface area contributed by atoms with Crippen LogP contribution in [0.3, 0.4) is 0 Å². The molecule has 0 aromatic heterocycles. The van der Waals surface area contributed by atoms with Gasteiger partial charge >= 0.3 is 0 Å². The fourth-order valence-electron chi connectivity index (χ4n) is 1.12. The average Bonchev–Trinajstić information content (AvgIpc) is 2.28. The van der Waals surface area contributed by atoms with Gasteiger partial charge in [-0.15, -0.1) is 0 Å². The van der Waals surface area contributed by atoms with Crippen molar-refractivity contribution in [2.75, 3.05) is 0 Å². The van der Waals surface area contributed by atoms with Gasteiger partial charge in [-0.1, -0.05) is 0 Å². The van der Waals surface area contributed by atoms with E-state index in [-0.39, 0.29) is 4.90 Å². The Balaban J connectivity index is 3.14. The molecule has 0 saturated carbocycles. The van der Waals surface area contributed by atoms with Gasteiger partial charge in [0.25, 0.3) is 0 Å². The van der Waals surface area contributed by atoms with E-state index in [1.165, 1.54) is 13.0 Å². The molecule has 3 N–H and O–H groups in total.